The number of alkyl halides is 3. The molecule has 0 bridgehead atoms. The van der Waals surface area contributed by atoms with Gasteiger partial charge in [-0.3, -0.25) is 4.79 Å². The second-order valence-electron chi connectivity index (χ2n) is 6.14. The van der Waals surface area contributed by atoms with Crippen molar-refractivity contribution >= 4 is 5.91 Å². The van der Waals surface area contributed by atoms with Crippen molar-refractivity contribution in [1.82, 2.24) is 14.9 Å². The van der Waals surface area contributed by atoms with Gasteiger partial charge >= 0.3 is 6.18 Å². The van der Waals surface area contributed by atoms with Gasteiger partial charge < -0.3 is 9.64 Å². The molecule has 1 amide bonds. The van der Waals surface area contributed by atoms with Crippen LogP contribution in [0, 0.1) is 0 Å². The summed E-state index contributed by atoms with van der Waals surface area (Å²) in [5, 5.41) is 0. The van der Waals surface area contributed by atoms with Gasteiger partial charge in [0, 0.05) is 18.8 Å². The minimum Gasteiger partial charge on any atom is -0.472 e. The number of piperidine rings is 1. The number of nitrogens with zero attached hydrogens (tertiary/aromatic N) is 3. The number of hydrogen-bond donors (Lipinski definition) is 0. The summed E-state index contributed by atoms with van der Waals surface area (Å²) in [5.41, 5.74) is -0.393. The van der Waals surface area contributed by atoms with Crippen molar-refractivity contribution in [1.29, 1.82) is 0 Å². The average molecular weight is 365 g/mol. The van der Waals surface area contributed by atoms with Crippen LogP contribution in [0.2, 0.25) is 0 Å². The fraction of sp³-hybridized carbons (Fsp3) is 0.389. The number of carbonyl (C=O) groups excluding carboxylic acids is 1. The zero-order chi connectivity index (χ0) is 18.6. The van der Waals surface area contributed by atoms with Crippen LogP contribution >= 0.6 is 0 Å². The van der Waals surface area contributed by atoms with Gasteiger partial charge in [0.1, 0.15) is 12.4 Å². The van der Waals surface area contributed by atoms with Crippen LogP contribution in [-0.4, -0.2) is 40.0 Å². The maximum Gasteiger partial charge on any atom is 0.416 e. The van der Waals surface area contributed by atoms with Crippen molar-refractivity contribution in [2.75, 3.05) is 13.1 Å². The number of benzene rings is 1. The Bertz CT molecular complexity index is 753. The molecule has 1 aliphatic heterocycles. The third kappa shape index (κ3) is 4.71. The van der Waals surface area contributed by atoms with Crippen LogP contribution < -0.4 is 4.74 Å². The fourth-order valence-corrected chi connectivity index (χ4v) is 2.92. The lowest BCUT2D eigenvalue weighted by Crippen LogP contribution is -2.45. The largest absolute Gasteiger partial charge is 0.472 e. The maximum absolute atomic E-state index is 12.8. The molecule has 1 aromatic heterocycles. The van der Waals surface area contributed by atoms with Gasteiger partial charge in [-0.05, 0) is 24.5 Å². The summed E-state index contributed by atoms with van der Waals surface area (Å²) < 4.78 is 44.1. The molecule has 1 unspecified atom stereocenters. The van der Waals surface area contributed by atoms with Gasteiger partial charge in [-0.1, -0.05) is 18.2 Å². The Morgan fingerprint density at radius 2 is 2.15 bits per heavy atom. The number of likely N-dealkylation sites (tertiary alicyclic amines) is 1. The summed E-state index contributed by atoms with van der Waals surface area (Å²) in [4.78, 5) is 21.9. The first-order valence-electron chi connectivity index (χ1n) is 8.28. The molecule has 3 rings (SSSR count). The van der Waals surface area contributed by atoms with Crippen LogP contribution in [0.3, 0.4) is 0 Å². The third-order valence-electron chi connectivity index (χ3n) is 4.18. The number of halogens is 3. The molecule has 1 saturated heterocycles. The summed E-state index contributed by atoms with van der Waals surface area (Å²) in [7, 11) is 0. The van der Waals surface area contributed by atoms with Gasteiger partial charge in [0.2, 0.25) is 11.8 Å². The summed E-state index contributed by atoms with van der Waals surface area (Å²) in [5.74, 6) is 0.234. The van der Waals surface area contributed by atoms with Crippen molar-refractivity contribution in [3.8, 4) is 5.88 Å². The zero-order valence-corrected chi connectivity index (χ0v) is 13.9. The Morgan fingerprint density at radius 1 is 1.31 bits per heavy atom. The topological polar surface area (TPSA) is 55.3 Å². The molecule has 0 spiro atoms. The molecule has 0 aliphatic carbocycles. The van der Waals surface area contributed by atoms with E-state index in [-0.39, 0.29) is 18.4 Å². The van der Waals surface area contributed by atoms with Crippen molar-refractivity contribution < 1.29 is 22.7 Å². The van der Waals surface area contributed by atoms with E-state index in [9.17, 15) is 18.0 Å². The standard InChI is InChI=1S/C18H18F3N3O2/c19-18(20,21)14-4-1-3-13(9-14)10-17(25)24-8-2-5-15(11-24)26-16-6-7-22-12-23-16/h1,3-4,6-7,9,12,15H,2,5,8,10-11H2. The predicted octanol–water partition coefficient (Wildman–Crippen LogP) is 3.11. The van der Waals surface area contributed by atoms with Gasteiger partial charge in [0.15, 0.2) is 0 Å². The minimum absolute atomic E-state index is 0.0653. The lowest BCUT2D eigenvalue weighted by Gasteiger charge is -2.32. The van der Waals surface area contributed by atoms with Crippen molar-refractivity contribution in [3.63, 3.8) is 0 Å². The van der Waals surface area contributed by atoms with Gasteiger partial charge in [-0.25, -0.2) is 9.97 Å². The lowest BCUT2D eigenvalue weighted by atomic mass is 10.0. The lowest BCUT2D eigenvalue weighted by molar-refractivity contribution is -0.138. The number of aromatic nitrogens is 2. The summed E-state index contributed by atoms with van der Waals surface area (Å²) in [6.45, 7) is 0.962. The molecule has 0 N–H and O–H groups in total. The molecule has 1 aliphatic rings. The molecule has 26 heavy (non-hydrogen) atoms. The van der Waals surface area contributed by atoms with Crippen LogP contribution in [0.1, 0.15) is 24.0 Å². The SMILES string of the molecule is O=C(Cc1cccc(C(F)(F)F)c1)N1CCCC(Oc2ccncn2)C1. The molecule has 8 heteroatoms. The molecular formula is C18H18F3N3O2. The van der Waals surface area contributed by atoms with E-state index in [1.807, 2.05) is 0 Å². The number of carbonyl (C=O) groups is 1. The van der Waals surface area contributed by atoms with Crippen molar-refractivity contribution in [2.24, 2.45) is 0 Å². The summed E-state index contributed by atoms with van der Waals surface area (Å²) in [6, 6.07) is 6.52. The van der Waals surface area contributed by atoms with Gasteiger partial charge in [-0.15, -0.1) is 0 Å². The quantitative estimate of drug-likeness (QED) is 0.836. The second-order valence-corrected chi connectivity index (χ2v) is 6.14. The van der Waals surface area contributed by atoms with Gasteiger partial charge in [-0.2, -0.15) is 13.2 Å². The predicted molar refractivity (Wildman–Crippen MR) is 87.4 cm³/mol. The number of hydrogen-bond acceptors (Lipinski definition) is 4. The molecule has 5 nitrogen and oxygen atoms in total. The zero-order valence-electron chi connectivity index (χ0n) is 13.9. The van der Waals surface area contributed by atoms with Crippen LogP contribution in [0.25, 0.3) is 0 Å². The van der Waals surface area contributed by atoms with Crippen LogP contribution in [-0.2, 0) is 17.4 Å². The van der Waals surface area contributed by atoms with E-state index >= 15 is 0 Å². The van der Waals surface area contributed by atoms with E-state index in [4.69, 9.17) is 4.74 Å². The second kappa shape index (κ2) is 7.72. The minimum atomic E-state index is -4.42. The monoisotopic (exact) mass is 365 g/mol. The Labute approximate surface area is 148 Å². The maximum atomic E-state index is 12.8. The van der Waals surface area contributed by atoms with Gasteiger partial charge in [0.25, 0.3) is 0 Å². The van der Waals surface area contributed by atoms with Crippen LogP contribution in [0.4, 0.5) is 13.2 Å². The highest BCUT2D eigenvalue weighted by molar-refractivity contribution is 5.79. The first-order chi connectivity index (χ1) is 12.4. The van der Waals surface area contributed by atoms with E-state index in [2.05, 4.69) is 9.97 Å². The van der Waals surface area contributed by atoms with Crippen LogP contribution in [0.15, 0.2) is 42.9 Å². The van der Waals surface area contributed by atoms with E-state index in [1.165, 1.54) is 18.5 Å². The Kier molecular flexibility index (Phi) is 5.39. The average Bonchev–Trinajstić information content (AvgIpc) is 2.62. The van der Waals surface area contributed by atoms with E-state index in [1.54, 1.807) is 17.2 Å². The Morgan fingerprint density at radius 3 is 2.88 bits per heavy atom. The Hall–Kier alpha value is -2.64. The highest BCUT2D eigenvalue weighted by atomic mass is 19.4. The van der Waals surface area contributed by atoms with E-state index in [0.717, 1.165) is 25.0 Å². The number of ether oxygens (including phenoxy) is 1. The van der Waals surface area contributed by atoms with E-state index < -0.39 is 11.7 Å². The first-order valence-corrected chi connectivity index (χ1v) is 8.28. The first kappa shape index (κ1) is 18.2. The molecule has 0 saturated carbocycles. The van der Waals surface area contributed by atoms with Gasteiger partial charge in [0.05, 0.1) is 18.5 Å². The molecule has 2 aromatic rings. The van der Waals surface area contributed by atoms with Crippen molar-refractivity contribution in [2.45, 2.75) is 31.5 Å². The van der Waals surface area contributed by atoms with E-state index in [0.29, 0.717) is 24.5 Å². The smallest absolute Gasteiger partial charge is 0.416 e. The summed E-state index contributed by atoms with van der Waals surface area (Å²) in [6.07, 6.45) is -0.160. The molecule has 138 valence electrons. The molecule has 1 aromatic carbocycles. The number of amides is 1. The highest BCUT2D eigenvalue weighted by Crippen LogP contribution is 2.29. The number of rotatable bonds is 4. The summed E-state index contributed by atoms with van der Waals surface area (Å²) >= 11 is 0. The molecule has 1 fully saturated rings. The Balaban J connectivity index is 1.61. The highest BCUT2D eigenvalue weighted by Gasteiger charge is 2.31. The molecule has 1 atom stereocenters. The molecule has 2 heterocycles. The van der Waals surface area contributed by atoms with Crippen molar-refractivity contribution in [3.05, 3.63) is 54.0 Å². The molecular weight excluding hydrogens is 347 g/mol. The fourth-order valence-electron chi connectivity index (χ4n) is 2.92. The normalized spacial score (nSPS) is 17.8. The van der Waals surface area contributed by atoms with Crippen LogP contribution in [0.5, 0.6) is 5.88 Å². The molecule has 0 radical (unpaired) electrons. The third-order valence-corrected chi connectivity index (χ3v) is 4.18.